The number of rotatable bonds is 7. The van der Waals surface area contributed by atoms with Crippen LogP contribution in [-0.4, -0.2) is 65.9 Å². The summed E-state index contributed by atoms with van der Waals surface area (Å²) < 4.78 is 18.3. The van der Waals surface area contributed by atoms with E-state index in [1.807, 2.05) is 25.3 Å². The second-order valence-corrected chi connectivity index (χ2v) is 10.2. The summed E-state index contributed by atoms with van der Waals surface area (Å²) in [5, 5.41) is 5.01. The van der Waals surface area contributed by atoms with Crippen LogP contribution in [0.5, 0.6) is 11.5 Å². The average Bonchev–Trinajstić information content (AvgIpc) is 3.24. The van der Waals surface area contributed by atoms with Gasteiger partial charge in [0.05, 0.1) is 30.7 Å². The molecule has 5 rings (SSSR count). The lowest BCUT2D eigenvalue weighted by Crippen LogP contribution is -2.32. The molecule has 1 N–H and O–H groups in total. The van der Waals surface area contributed by atoms with Crippen molar-refractivity contribution in [1.82, 2.24) is 19.9 Å². The maximum absolute atomic E-state index is 6.50. The molecule has 0 aliphatic carbocycles. The van der Waals surface area contributed by atoms with Crippen molar-refractivity contribution in [2.75, 3.05) is 45.3 Å². The molecule has 0 spiro atoms. The average molecular weight is 470 g/mol. The van der Waals surface area contributed by atoms with E-state index in [2.05, 4.69) is 32.2 Å². The van der Waals surface area contributed by atoms with E-state index in [0.29, 0.717) is 18.3 Å². The van der Waals surface area contributed by atoms with Crippen LogP contribution in [0.1, 0.15) is 30.6 Å². The zero-order valence-corrected chi connectivity index (χ0v) is 20.1. The lowest BCUT2D eigenvalue weighted by Gasteiger charge is -2.29. The third-order valence-corrected chi connectivity index (χ3v) is 7.14. The van der Waals surface area contributed by atoms with Crippen LogP contribution in [0.15, 0.2) is 24.7 Å². The summed E-state index contributed by atoms with van der Waals surface area (Å²) in [7, 11) is 2.18. The number of likely N-dealkylation sites (tertiary alicyclic amines) is 1. The third kappa shape index (κ3) is 5.54. The van der Waals surface area contributed by atoms with E-state index >= 15 is 0 Å². The lowest BCUT2D eigenvalue weighted by molar-refractivity contribution is 0.0261. The Bertz CT molecular complexity index is 1080. The molecule has 9 heteroatoms. The number of thiazole rings is 1. The Morgan fingerprint density at radius 3 is 2.70 bits per heavy atom. The summed E-state index contributed by atoms with van der Waals surface area (Å²) in [5.74, 6) is 2.80. The smallest absolute Gasteiger partial charge is 0.188 e. The minimum Gasteiger partial charge on any atom is -0.493 e. The molecule has 2 fully saturated rings. The van der Waals surface area contributed by atoms with Gasteiger partial charge >= 0.3 is 0 Å². The van der Waals surface area contributed by atoms with Crippen molar-refractivity contribution in [1.29, 1.82) is 0 Å². The number of hydrogen-bond acceptors (Lipinski definition) is 9. The number of hydrogen-bond donors (Lipinski definition) is 1. The number of anilines is 2. The minimum absolute atomic E-state index is 0.0984. The number of aryl methyl sites for hydroxylation is 1. The molecule has 0 amide bonds. The molecule has 3 aromatic rings. The fourth-order valence-electron chi connectivity index (χ4n) is 4.33. The Balaban J connectivity index is 1.43. The third-order valence-electron chi connectivity index (χ3n) is 6.31. The van der Waals surface area contributed by atoms with Gasteiger partial charge < -0.3 is 24.4 Å². The molecule has 33 heavy (non-hydrogen) atoms. The normalized spacial score (nSPS) is 18.5. The second-order valence-electron chi connectivity index (χ2n) is 8.93. The van der Waals surface area contributed by atoms with Gasteiger partial charge in [0.25, 0.3) is 0 Å². The number of fused-ring (bicyclic) bond motifs is 1. The van der Waals surface area contributed by atoms with Gasteiger partial charge in [-0.1, -0.05) is 0 Å². The molecule has 2 saturated heterocycles. The molecule has 2 aromatic heterocycles. The number of aromatic nitrogens is 3. The topological polar surface area (TPSA) is 81.6 Å². The van der Waals surface area contributed by atoms with Crippen molar-refractivity contribution in [2.45, 2.75) is 38.7 Å². The van der Waals surface area contributed by atoms with Crippen LogP contribution in [0, 0.1) is 12.8 Å². The summed E-state index contributed by atoms with van der Waals surface area (Å²) in [6, 6.07) is 3.98. The van der Waals surface area contributed by atoms with E-state index in [9.17, 15) is 0 Å². The molecule has 176 valence electrons. The van der Waals surface area contributed by atoms with E-state index < -0.39 is 0 Å². The molecule has 4 heterocycles. The standard InChI is InChI=1S/C24H31N5O3S/c1-16-13-25-24(33-16)28-23-22-20(26-15-27-23)11-19(31-14-17-3-7-29(2)8-4-17)12-21(22)32-18-5-9-30-10-6-18/h11-13,15,17-18H,3-10,14H2,1-2H3,(H,25,26,27,28). The molecule has 0 atom stereocenters. The van der Waals surface area contributed by atoms with Crippen LogP contribution in [-0.2, 0) is 4.74 Å². The Hall–Kier alpha value is -2.49. The highest BCUT2D eigenvalue weighted by Gasteiger charge is 2.21. The predicted molar refractivity (Wildman–Crippen MR) is 130 cm³/mol. The maximum atomic E-state index is 6.50. The Kier molecular flexibility index (Phi) is 6.89. The van der Waals surface area contributed by atoms with Crippen LogP contribution in [0.4, 0.5) is 10.9 Å². The monoisotopic (exact) mass is 469 g/mol. The molecule has 0 saturated carbocycles. The summed E-state index contributed by atoms with van der Waals surface area (Å²) >= 11 is 1.59. The first-order valence-corrected chi connectivity index (χ1v) is 12.5. The van der Waals surface area contributed by atoms with Gasteiger partial charge in [0, 0.05) is 36.0 Å². The molecule has 0 radical (unpaired) electrons. The van der Waals surface area contributed by atoms with Gasteiger partial charge in [0.2, 0.25) is 0 Å². The van der Waals surface area contributed by atoms with E-state index in [-0.39, 0.29) is 6.10 Å². The van der Waals surface area contributed by atoms with Crippen LogP contribution in [0.3, 0.4) is 0 Å². The van der Waals surface area contributed by atoms with Gasteiger partial charge in [-0.2, -0.15) is 0 Å². The molecular formula is C24H31N5O3S. The van der Waals surface area contributed by atoms with Crippen LogP contribution in [0.25, 0.3) is 10.9 Å². The van der Waals surface area contributed by atoms with Crippen molar-refractivity contribution >= 4 is 33.2 Å². The van der Waals surface area contributed by atoms with Crippen LogP contribution < -0.4 is 14.8 Å². The fourth-order valence-corrected chi connectivity index (χ4v) is 4.99. The first kappa shape index (κ1) is 22.3. The van der Waals surface area contributed by atoms with E-state index in [1.165, 1.54) is 12.8 Å². The van der Waals surface area contributed by atoms with Crippen molar-refractivity contribution < 1.29 is 14.2 Å². The predicted octanol–water partition coefficient (Wildman–Crippen LogP) is 4.42. The van der Waals surface area contributed by atoms with Crippen molar-refractivity contribution in [3.63, 3.8) is 0 Å². The molecule has 2 aliphatic heterocycles. The van der Waals surface area contributed by atoms with Crippen molar-refractivity contribution in [3.8, 4) is 11.5 Å². The molecule has 1 aromatic carbocycles. The summed E-state index contributed by atoms with van der Waals surface area (Å²) in [6.07, 6.45) is 7.59. The molecular weight excluding hydrogens is 438 g/mol. The zero-order chi connectivity index (χ0) is 22.6. The first-order chi connectivity index (χ1) is 16.1. The number of benzene rings is 1. The van der Waals surface area contributed by atoms with Gasteiger partial charge in [-0.15, -0.1) is 11.3 Å². The van der Waals surface area contributed by atoms with Crippen molar-refractivity contribution in [2.24, 2.45) is 5.92 Å². The summed E-state index contributed by atoms with van der Waals surface area (Å²) in [5.41, 5.74) is 0.795. The molecule has 8 nitrogen and oxygen atoms in total. The van der Waals surface area contributed by atoms with Gasteiger partial charge in [-0.05, 0) is 45.8 Å². The zero-order valence-electron chi connectivity index (χ0n) is 19.2. The Morgan fingerprint density at radius 1 is 1.12 bits per heavy atom. The van der Waals surface area contributed by atoms with E-state index in [4.69, 9.17) is 14.2 Å². The maximum Gasteiger partial charge on any atom is 0.188 e. The highest BCUT2D eigenvalue weighted by molar-refractivity contribution is 7.15. The molecule has 0 bridgehead atoms. The SMILES string of the molecule is Cc1cnc(Nc2ncnc3cc(OCC4CCN(C)CC4)cc(OC4CCOCC4)c23)s1. The summed E-state index contributed by atoms with van der Waals surface area (Å²) in [6.45, 7) is 6.44. The second kappa shape index (κ2) is 10.2. The highest BCUT2D eigenvalue weighted by Crippen LogP contribution is 2.37. The highest BCUT2D eigenvalue weighted by atomic mass is 32.1. The molecule has 0 unspecified atom stereocenters. The van der Waals surface area contributed by atoms with Crippen molar-refractivity contribution in [3.05, 3.63) is 29.5 Å². The van der Waals surface area contributed by atoms with E-state index in [1.54, 1.807) is 17.7 Å². The number of ether oxygens (including phenoxy) is 3. The molecule has 2 aliphatic rings. The summed E-state index contributed by atoms with van der Waals surface area (Å²) in [4.78, 5) is 17.0. The number of nitrogens with zero attached hydrogens (tertiary/aromatic N) is 4. The number of piperidine rings is 1. The van der Waals surface area contributed by atoms with E-state index in [0.717, 1.165) is 71.6 Å². The Morgan fingerprint density at radius 2 is 1.94 bits per heavy atom. The quantitative estimate of drug-likeness (QED) is 0.545. The fraction of sp³-hybridized carbons (Fsp3) is 0.542. The largest absolute Gasteiger partial charge is 0.493 e. The van der Waals surface area contributed by atoms with Gasteiger partial charge in [-0.3, -0.25) is 0 Å². The van der Waals surface area contributed by atoms with Gasteiger partial charge in [-0.25, -0.2) is 15.0 Å². The lowest BCUT2D eigenvalue weighted by atomic mass is 9.98. The minimum atomic E-state index is 0.0984. The number of nitrogens with one attached hydrogen (secondary N) is 1. The van der Waals surface area contributed by atoms with Gasteiger partial charge in [0.15, 0.2) is 5.13 Å². The Labute approximate surface area is 198 Å². The van der Waals surface area contributed by atoms with Crippen LogP contribution in [0.2, 0.25) is 0 Å². The van der Waals surface area contributed by atoms with Crippen LogP contribution >= 0.6 is 11.3 Å². The van der Waals surface area contributed by atoms with Gasteiger partial charge in [0.1, 0.15) is 29.7 Å². The first-order valence-electron chi connectivity index (χ1n) is 11.7.